The lowest BCUT2D eigenvalue weighted by molar-refractivity contribution is -0.132. The van der Waals surface area contributed by atoms with Gasteiger partial charge in [0.25, 0.3) is 0 Å². The van der Waals surface area contributed by atoms with Crippen LogP contribution in [-0.2, 0) is 27.3 Å². The minimum Gasteiger partial charge on any atom is -0.507 e. The van der Waals surface area contributed by atoms with Crippen LogP contribution in [0.1, 0.15) is 41.8 Å². The van der Waals surface area contributed by atoms with Gasteiger partial charge in [0.15, 0.2) is 0 Å². The van der Waals surface area contributed by atoms with E-state index < -0.39 is 11.9 Å². The Kier molecular flexibility index (Phi) is 6.63. The van der Waals surface area contributed by atoms with E-state index in [9.17, 15) is 14.7 Å². The first-order valence-electron chi connectivity index (χ1n) is 8.47. The third kappa shape index (κ3) is 4.68. The van der Waals surface area contributed by atoms with Gasteiger partial charge in [0, 0.05) is 23.8 Å². The number of carbonyl (C=O) groups is 2. The molecule has 7 nitrogen and oxygen atoms in total. The standard InChI is InChI=1S/C20H24O7/c1-11(7-13(25-3)8-12(2)19(22)23)5-6-14-17(26-4)9-15-16(18(14)21)10-27-20(15)24/h5,8-9,13,21H,6-7,10H2,1-4H3,(H,22,23). The first-order valence-corrected chi connectivity index (χ1v) is 8.47. The summed E-state index contributed by atoms with van der Waals surface area (Å²) in [7, 11) is 3.00. The second kappa shape index (κ2) is 8.73. The highest BCUT2D eigenvalue weighted by Gasteiger charge is 2.28. The van der Waals surface area contributed by atoms with Crippen molar-refractivity contribution in [3.63, 3.8) is 0 Å². The molecule has 1 aromatic rings. The number of benzene rings is 1. The van der Waals surface area contributed by atoms with E-state index in [0.29, 0.717) is 35.3 Å². The Hall–Kier alpha value is -2.80. The highest BCUT2D eigenvalue weighted by atomic mass is 16.5. The summed E-state index contributed by atoms with van der Waals surface area (Å²) in [6.45, 7) is 3.47. The van der Waals surface area contributed by atoms with Crippen LogP contribution in [0.25, 0.3) is 0 Å². The van der Waals surface area contributed by atoms with Crippen molar-refractivity contribution in [3.05, 3.63) is 46.1 Å². The molecule has 0 bridgehead atoms. The molecule has 7 heteroatoms. The predicted octanol–water partition coefficient (Wildman–Crippen LogP) is 3.00. The van der Waals surface area contributed by atoms with Gasteiger partial charge in [-0.2, -0.15) is 0 Å². The number of aromatic hydroxyl groups is 1. The topological polar surface area (TPSA) is 102 Å². The fourth-order valence-electron chi connectivity index (χ4n) is 2.89. The lowest BCUT2D eigenvalue weighted by atomic mass is 9.98. The van der Waals surface area contributed by atoms with E-state index in [1.807, 2.05) is 13.0 Å². The number of carboxylic acids is 1. The number of phenolic OH excluding ortho intramolecular Hbond substituents is 1. The van der Waals surface area contributed by atoms with Crippen LogP contribution in [0.3, 0.4) is 0 Å². The van der Waals surface area contributed by atoms with Crippen molar-refractivity contribution in [1.29, 1.82) is 0 Å². The number of carbonyl (C=O) groups excluding carboxylic acids is 1. The summed E-state index contributed by atoms with van der Waals surface area (Å²) in [6.07, 6.45) is 4.02. The van der Waals surface area contributed by atoms with E-state index in [0.717, 1.165) is 5.57 Å². The summed E-state index contributed by atoms with van der Waals surface area (Å²) in [4.78, 5) is 22.6. The van der Waals surface area contributed by atoms with Crippen LogP contribution in [0.2, 0.25) is 0 Å². The normalized spacial score (nSPS) is 15.3. The zero-order valence-corrected chi connectivity index (χ0v) is 15.9. The molecule has 1 heterocycles. The van der Waals surface area contributed by atoms with Crippen LogP contribution in [-0.4, -0.2) is 42.5 Å². The van der Waals surface area contributed by atoms with Crippen LogP contribution in [0.15, 0.2) is 29.4 Å². The van der Waals surface area contributed by atoms with Crippen molar-refractivity contribution in [1.82, 2.24) is 0 Å². The first-order chi connectivity index (χ1) is 12.8. The molecule has 2 N–H and O–H groups in total. The Morgan fingerprint density at radius 2 is 2.07 bits per heavy atom. The molecule has 0 amide bonds. The molecule has 0 aromatic heterocycles. The number of carboxylic acid groups (broad SMARTS) is 1. The molecule has 1 unspecified atom stereocenters. The molecular formula is C20H24O7. The smallest absolute Gasteiger partial charge is 0.339 e. The number of hydrogen-bond donors (Lipinski definition) is 2. The number of fused-ring (bicyclic) bond motifs is 1. The van der Waals surface area contributed by atoms with Crippen molar-refractivity contribution in [2.45, 2.75) is 39.4 Å². The van der Waals surface area contributed by atoms with E-state index in [1.165, 1.54) is 21.1 Å². The highest BCUT2D eigenvalue weighted by molar-refractivity contribution is 5.95. The summed E-state index contributed by atoms with van der Waals surface area (Å²) in [5.41, 5.74) is 2.54. The molecule has 27 heavy (non-hydrogen) atoms. The van der Waals surface area contributed by atoms with Crippen molar-refractivity contribution in [3.8, 4) is 11.5 Å². The predicted molar refractivity (Wildman–Crippen MR) is 98.0 cm³/mol. The molecular weight excluding hydrogens is 352 g/mol. The number of rotatable bonds is 8. The van der Waals surface area contributed by atoms with Crippen molar-refractivity contribution in [2.24, 2.45) is 0 Å². The fraction of sp³-hybridized carbons (Fsp3) is 0.400. The van der Waals surface area contributed by atoms with Crippen LogP contribution < -0.4 is 4.74 Å². The molecule has 1 aliphatic rings. The number of ether oxygens (including phenoxy) is 3. The molecule has 0 fully saturated rings. The lowest BCUT2D eigenvalue weighted by Crippen LogP contribution is -2.10. The van der Waals surface area contributed by atoms with Gasteiger partial charge in [0.05, 0.1) is 18.8 Å². The van der Waals surface area contributed by atoms with Crippen LogP contribution in [0.4, 0.5) is 0 Å². The summed E-state index contributed by atoms with van der Waals surface area (Å²) < 4.78 is 15.6. The maximum absolute atomic E-state index is 11.7. The molecule has 1 aromatic carbocycles. The second-order valence-electron chi connectivity index (χ2n) is 6.40. The zero-order chi connectivity index (χ0) is 20.1. The van der Waals surface area contributed by atoms with Gasteiger partial charge in [-0.05, 0) is 38.8 Å². The number of methoxy groups -OCH3 is 2. The summed E-state index contributed by atoms with van der Waals surface area (Å²) in [6, 6.07) is 1.58. The van der Waals surface area contributed by atoms with E-state index in [4.69, 9.17) is 19.3 Å². The van der Waals surface area contributed by atoms with Gasteiger partial charge >= 0.3 is 11.9 Å². The van der Waals surface area contributed by atoms with Gasteiger partial charge in [0.1, 0.15) is 18.1 Å². The third-order valence-electron chi connectivity index (χ3n) is 4.51. The minimum atomic E-state index is -0.983. The van der Waals surface area contributed by atoms with Crippen LogP contribution in [0.5, 0.6) is 11.5 Å². The van der Waals surface area contributed by atoms with E-state index in [2.05, 4.69) is 0 Å². The SMILES string of the molecule is COc1cc2c(c(O)c1CC=C(C)CC(C=C(C)C(=O)O)OC)COC2=O. The number of aliphatic carboxylic acids is 1. The molecule has 1 aliphatic heterocycles. The molecule has 0 radical (unpaired) electrons. The van der Waals surface area contributed by atoms with Gasteiger partial charge in [-0.3, -0.25) is 0 Å². The van der Waals surface area contributed by atoms with Gasteiger partial charge in [-0.1, -0.05) is 11.6 Å². The largest absolute Gasteiger partial charge is 0.507 e. The van der Waals surface area contributed by atoms with Crippen molar-refractivity contribution >= 4 is 11.9 Å². The van der Waals surface area contributed by atoms with E-state index >= 15 is 0 Å². The highest BCUT2D eigenvalue weighted by Crippen LogP contribution is 2.38. The Bertz CT molecular complexity index is 805. The van der Waals surface area contributed by atoms with Gasteiger partial charge in [-0.15, -0.1) is 0 Å². The van der Waals surface area contributed by atoms with E-state index in [1.54, 1.807) is 12.1 Å². The average molecular weight is 376 g/mol. The van der Waals surface area contributed by atoms with Gasteiger partial charge < -0.3 is 24.4 Å². The number of esters is 1. The van der Waals surface area contributed by atoms with Crippen molar-refractivity contribution in [2.75, 3.05) is 14.2 Å². The lowest BCUT2D eigenvalue weighted by Gasteiger charge is -2.14. The molecule has 0 aliphatic carbocycles. The Morgan fingerprint density at radius 3 is 2.67 bits per heavy atom. The number of cyclic esters (lactones) is 1. The molecule has 0 saturated heterocycles. The average Bonchev–Trinajstić information content (AvgIpc) is 3.00. The first kappa shape index (κ1) is 20.5. The van der Waals surface area contributed by atoms with Crippen LogP contribution in [0, 0.1) is 0 Å². The number of phenols is 1. The zero-order valence-electron chi connectivity index (χ0n) is 15.9. The Balaban J connectivity index is 2.21. The van der Waals surface area contributed by atoms with Gasteiger partial charge in [0.2, 0.25) is 0 Å². The second-order valence-corrected chi connectivity index (χ2v) is 6.40. The maximum atomic E-state index is 11.7. The quantitative estimate of drug-likeness (QED) is 0.408. The maximum Gasteiger partial charge on any atom is 0.339 e. The summed E-state index contributed by atoms with van der Waals surface area (Å²) in [5, 5.41) is 19.5. The minimum absolute atomic E-state index is 0.00385. The van der Waals surface area contributed by atoms with Crippen LogP contribution >= 0.6 is 0 Å². The summed E-state index contributed by atoms with van der Waals surface area (Å²) in [5.74, 6) is -1.04. The monoisotopic (exact) mass is 376 g/mol. The Labute approximate surface area is 157 Å². The Morgan fingerprint density at radius 1 is 1.37 bits per heavy atom. The molecule has 0 spiro atoms. The van der Waals surface area contributed by atoms with E-state index in [-0.39, 0.29) is 24.0 Å². The molecule has 2 rings (SSSR count). The fourth-order valence-corrected chi connectivity index (χ4v) is 2.89. The summed E-state index contributed by atoms with van der Waals surface area (Å²) >= 11 is 0. The third-order valence-corrected chi connectivity index (χ3v) is 4.51. The molecule has 1 atom stereocenters. The van der Waals surface area contributed by atoms with Crippen molar-refractivity contribution < 1.29 is 34.0 Å². The van der Waals surface area contributed by atoms with Gasteiger partial charge in [-0.25, -0.2) is 9.59 Å². The molecule has 146 valence electrons. The molecule has 0 saturated carbocycles. The number of hydrogen-bond acceptors (Lipinski definition) is 6. The number of allylic oxidation sites excluding steroid dienone is 1.